The maximum absolute atomic E-state index is 9.80. The van der Waals surface area contributed by atoms with Gasteiger partial charge in [0.1, 0.15) is 0 Å². The SMILES string of the molecule is OCCC(O)c1nccc2ccccc12. The lowest BCUT2D eigenvalue weighted by Gasteiger charge is -2.10. The molecule has 1 aromatic heterocycles. The third-order valence-corrected chi connectivity index (χ3v) is 2.42. The lowest BCUT2D eigenvalue weighted by atomic mass is 10.1. The summed E-state index contributed by atoms with van der Waals surface area (Å²) in [5.41, 5.74) is 0.641. The maximum Gasteiger partial charge on any atom is 0.0987 e. The summed E-state index contributed by atoms with van der Waals surface area (Å²) in [6, 6.07) is 9.68. The van der Waals surface area contributed by atoms with Crippen molar-refractivity contribution in [1.82, 2.24) is 4.98 Å². The summed E-state index contributed by atoms with van der Waals surface area (Å²) >= 11 is 0. The van der Waals surface area contributed by atoms with Crippen molar-refractivity contribution < 1.29 is 10.2 Å². The second kappa shape index (κ2) is 4.38. The van der Waals surface area contributed by atoms with Gasteiger partial charge in [0.15, 0.2) is 0 Å². The number of benzene rings is 1. The quantitative estimate of drug-likeness (QED) is 0.797. The van der Waals surface area contributed by atoms with Crippen molar-refractivity contribution in [3.05, 3.63) is 42.2 Å². The number of fused-ring (bicyclic) bond motifs is 1. The summed E-state index contributed by atoms with van der Waals surface area (Å²) in [6.45, 7) is -0.0356. The summed E-state index contributed by atoms with van der Waals surface area (Å²) in [5, 5.41) is 20.6. The minimum absolute atomic E-state index is 0.0356. The standard InChI is InChI=1S/C12H13NO2/c14-8-6-11(15)12-10-4-2-1-3-9(10)5-7-13-12/h1-5,7,11,14-15H,6,8H2. The summed E-state index contributed by atoms with van der Waals surface area (Å²) in [5.74, 6) is 0. The van der Waals surface area contributed by atoms with E-state index in [0.29, 0.717) is 12.1 Å². The molecule has 1 aromatic carbocycles. The number of aromatic nitrogens is 1. The first kappa shape index (κ1) is 10.1. The summed E-state index contributed by atoms with van der Waals surface area (Å²) in [4.78, 5) is 4.16. The summed E-state index contributed by atoms with van der Waals surface area (Å²) in [6.07, 6.45) is 1.31. The zero-order valence-corrected chi connectivity index (χ0v) is 8.30. The molecule has 0 amide bonds. The predicted octanol–water partition coefficient (Wildman–Crippen LogP) is 1.65. The molecule has 0 aliphatic heterocycles. The first-order valence-electron chi connectivity index (χ1n) is 4.95. The third kappa shape index (κ3) is 1.98. The Morgan fingerprint density at radius 1 is 1.20 bits per heavy atom. The highest BCUT2D eigenvalue weighted by Gasteiger charge is 2.11. The molecule has 1 atom stereocenters. The van der Waals surface area contributed by atoms with Crippen molar-refractivity contribution in [3.63, 3.8) is 0 Å². The van der Waals surface area contributed by atoms with Crippen LogP contribution in [0.15, 0.2) is 36.5 Å². The van der Waals surface area contributed by atoms with Crippen LogP contribution in [0.1, 0.15) is 18.2 Å². The largest absolute Gasteiger partial charge is 0.396 e. The van der Waals surface area contributed by atoms with Gasteiger partial charge in [-0.2, -0.15) is 0 Å². The highest BCUT2D eigenvalue weighted by Crippen LogP contribution is 2.23. The van der Waals surface area contributed by atoms with Gasteiger partial charge in [0.05, 0.1) is 11.8 Å². The number of pyridine rings is 1. The van der Waals surface area contributed by atoms with E-state index in [2.05, 4.69) is 4.98 Å². The summed E-state index contributed by atoms with van der Waals surface area (Å²) < 4.78 is 0. The molecule has 0 saturated heterocycles. The fourth-order valence-electron chi connectivity index (χ4n) is 1.67. The van der Waals surface area contributed by atoms with Crippen LogP contribution in [-0.4, -0.2) is 21.8 Å². The van der Waals surface area contributed by atoms with Gasteiger partial charge in [-0.25, -0.2) is 0 Å². The van der Waals surface area contributed by atoms with E-state index >= 15 is 0 Å². The number of aliphatic hydroxyl groups excluding tert-OH is 2. The van der Waals surface area contributed by atoms with E-state index in [0.717, 1.165) is 10.8 Å². The van der Waals surface area contributed by atoms with Gasteiger partial charge in [-0.3, -0.25) is 4.98 Å². The Labute approximate surface area is 88.0 Å². The molecule has 0 aliphatic carbocycles. The average Bonchev–Trinajstić information content (AvgIpc) is 2.28. The van der Waals surface area contributed by atoms with Gasteiger partial charge >= 0.3 is 0 Å². The molecule has 0 spiro atoms. The highest BCUT2D eigenvalue weighted by atomic mass is 16.3. The second-order valence-corrected chi connectivity index (χ2v) is 3.45. The molecule has 3 heteroatoms. The summed E-state index contributed by atoms with van der Waals surface area (Å²) in [7, 11) is 0. The fourth-order valence-corrected chi connectivity index (χ4v) is 1.67. The van der Waals surface area contributed by atoms with E-state index in [1.165, 1.54) is 0 Å². The first-order chi connectivity index (χ1) is 7.33. The third-order valence-electron chi connectivity index (χ3n) is 2.42. The smallest absolute Gasteiger partial charge is 0.0987 e. The van der Waals surface area contributed by atoms with Crippen molar-refractivity contribution in [3.8, 4) is 0 Å². The molecule has 2 N–H and O–H groups in total. The molecule has 3 nitrogen and oxygen atoms in total. The molecule has 1 heterocycles. The second-order valence-electron chi connectivity index (χ2n) is 3.45. The minimum Gasteiger partial charge on any atom is -0.396 e. The zero-order valence-electron chi connectivity index (χ0n) is 8.30. The molecule has 2 aromatic rings. The minimum atomic E-state index is -0.693. The van der Waals surface area contributed by atoms with Crippen LogP contribution in [0, 0.1) is 0 Å². The van der Waals surface area contributed by atoms with Crippen LogP contribution in [0.3, 0.4) is 0 Å². The molecule has 15 heavy (non-hydrogen) atoms. The molecule has 0 radical (unpaired) electrons. The van der Waals surface area contributed by atoms with Gasteiger partial charge in [-0.15, -0.1) is 0 Å². The Bertz CT molecular complexity index is 451. The van der Waals surface area contributed by atoms with Gasteiger partial charge in [0.25, 0.3) is 0 Å². The number of nitrogens with zero attached hydrogens (tertiary/aromatic N) is 1. The van der Waals surface area contributed by atoms with Gasteiger partial charge in [0.2, 0.25) is 0 Å². The average molecular weight is 203 g/mol. The Hall–Kier alpha value is -1.45. The van der Waals surface area contributed by atoms with E-state index in [1.54, 1.807) is 6.20 Å². The lowest BCUT2D eigenvalue weighted by molar-refractivity contribution is 0.132. The van der Waals surface area contributed by atoms with Gasteiger partial charge in [0, 0.05) is 24.6 Å². The van der Waals surface area contributed by atoms with Crippen molar-refractivity contribution in [1.29, 1.82) is 0 Å². The molecule has 0 saturated carbocycles. The number of aliphatic hydroxyl groups is 2. The zero-order chi connectivity index (χ0) is 10.7. The molecular formula is C12H13NO2. The van der Waals surface area contributed by atoms with E-state index in [9.17, 15) is 5.11 Å². The van der Waals surface area contributed by atoms with Crippen molar-refractivity contribution in [2.45, 2.75) is 12.5 Å². The van der Waals surface area contributed by atoms with Crippen LogP contribution in [0.5, 0.6) is 0 Å². The fraction of sp³-hybridized carbons (Fsp3) is 0.250. The van der Waals surface area contributed by atoms with E-state index < -0.39 is 6.10 Å². The molecule has 1 unspecified atom stereocenters. The molecular weight excluding hydrogens is 190 g/mol. The van der Waals surface area contributed by atoms with Crippen LogP contribution in [0.2, 0.25) is 0 Å². The van der Waals surface area contributed by atoms with Crippen molar-refractivity contribution in [2.75, 3.05) is 6.61 Å². The van der Waals surface area contributed by atoms with Crippen LogP contribution >= 0.6 is 0 Å². The van der Waals surface area contributed by atoms with Crippen LogP contribution in [0.25, 0.3) is 10.8 Å². The number of hydrogen-bond acceptors (Lipinski definition) is 3. The normalized spacial score (nSPS) is 12.9. The van der Waals surface area contributed by atoms with Crippen molar-refractivity contribution >= 4 is 10.8 Å². The Morgan fingerprint density at radius 2 is 2.00 bits per heavy atom. The molecule has 2 rings (SSSR count). The monoisotopic (exact) mass is 203 g/mol. The van der Waals surface area contributed by atoms with Crippen molar-refractivity contribution in [2.24, 2.45) is 0 Å². The van der Waals surface area contributed by atoms with E-state index in [-0.39, 0.29) is 6.61 Å². The van der Waals surface area contributed by atoms with Crippen LogP contribution in [0.4, 0.5) is 0 Å². The first-order valence-corrected chi connectivity index (χ1v) is 4.95. The van der Waals surface area contributed by atoms with E-state index in [1.807, 2.05) is 30.3 Å². The topological polar surface area (TPSA) is 53.4 Å². The predicted molar refractivity (Wildman–Crippen MR) is 58.4 cm³/mol. The van der Waals surface area contributed by atoms with E-state index in [4.69, 9.17) is 5.11 Å². The van der Waals surface area contributed by atoms with Gasteiger partial charge in [-0.05, 0) is 11.5 Å². The number of rotatable bonds is 3. The van der Waals surface area contributed by atoms with Crippen LogP contribution in [-0.2, 0) is 0 Å². The lowest BCUT2D eigenvalue weighted by Crippen LogP contribution is -2.03. The molecule has 78 valence electrons. The number of hydrogen-bond donors (Lipinski definition) is 2. The van der Waals surface area contributed by atoms with Gasteiger partial charge < -0.3 is 10.2 Å². The van der Waals surface area contributed by atoms with Gasteiger partial charge in [-0.1, -0.05) is 24.3 Å². The maximum atomic E-state index is 9.80. The Kier molecular flexibility index (Phi) is 2.94. The van der Waals surface area contributed by atoms with Crippen LogP contribution < -0.4 is 0 Å². The Balaban J connectivity index is 2.50. The molecule has 0 aliphatic rings. The Morgan fingerprint density at radius 3 is 2.80 bits per heavy atom. The highest BCUT2D eigenvalue weighted by molar-refractivity contribution is 5.84. The molecule has 0 fully saturated rings. The molecule has 0 bridgehead atoms.